The van der Waals surface area contributed by atoms with Gasteiger partial charge in [-0.05, 0) is 14.0 Å². The fourth-order valence-electron chi connectivity index (χ4n) is 1.70. The van der Waals surface area contributed by atoms with Gasteiger partial charge in [-0.1, -0.05) is 6.92 Å². The smallest absolute Gasteiger partial charge is 0.809 e. The zero-order valence-corrected chi connectivity index (χ0v) is 14.6. The fraction of sp³-hybridized carbons (Fsp3) is 0.636. The van der Waals surface area contributed by atoms with Crippen LogP contribution in [0.15, 0.2) is 15.8 Å². The second kappa shape index (κ2) is 11.5. The molecule has 0 aliphatic carbocycles. The average molecular weight is 334 g/mol. The van der Waals surface area contributed by atoms with Gasteiger partial charge in [-0.2, -0.15) is 0 Å². The summed E-state index contributed by atoms with van der Waals surface area (Å²) in [5.74, 6) is 0. The first-order valence-corrected chi connectivity index (χ1v) is 7.94. The molecule has 0 saturated heterocycles. The van der Waals surface area contributed by atoms with Gasteiger partial charge in [0.05, 0.1) is 25.6 Å². The molecule has 0 fully saturated rings. The van der Waals surface area contributed by atoms with Crippen LogP contribution in [0.2, 0.25) is 0 Å². The van der Waals surface area contributed by atoms with Gasteiger partial charge in [0.25, 0.3) is 5.56 Å². The first-order chi connectivity index (χ1) is 9.76. The molecule has 1 rings (SSSR count). The molecule has 1 aromatic rings. The predicted molar refractivity (Wildman–Crippen MR) is 69.9 cm³/mol. The minimum atomic E-state index is -4.81. The molecule has 0 aliphatic heterocycles. The maximum absolute atomic E-state index is 11.7. The fourth-order valence-corrected chi connectivity index (χ4v) is 2.09. The van der Waals surface area contributed by atoms with Crippen molar-refractivity contribution in [1.82, 2.24) is 9.55 Å². The van der Waals surface area contributed by atoms with Crippen LogP contribution in [-0.2, 0) is 27.0 Å². The third-order valence-electron chi connectivity index (χ3n) is 2.69. The van der Waals surface area contributed by atoms with E-state index in [9.17, 15) is 23.9 Å². The summed E-state index contributed by atoms with van der Waals surface area (Å²) in [6.45, 7) is 1.71. The topological polar surface area (TPSA) is 137 Å². The summed E-state index contributed by atoms with van der Waals surface area (Å²) in [5.41, 5.74) is -0.704. The Morgan fingerprint density at radius 3 is 2.43 bits per heavy atom. The number of methoxy groups -OCH3 is 1. The molecular weight excluding hydrogens is 317 g/mol. The number of aromatic nitrogens is 2. The Balaban J connectivity index is 0. The van der Waals surface area contributed by atoms with Crippen molar-refractivity contribution in [3.8, 4) is 0 Å². The van der Waals surface area contributed by atoms with E-state index < -0.39 is 31.3 Å². The van der Waals surface area contributed by atoms with Gasteiger partial charge in [-0.15, -0.1) is 0 Å². The molecule has 0 amide bonds. The second-order valence-electron chi connectivity index (χ2n) is 4.40. The van der Waals surface area contributed by atoms with E-state index in [-0.39, 0.29) is 50.9 Å². The maximum atomic E-state index is 11.7. The third-order valence-corrected chi connectivity index (χ3v) is 3.15. The predicted octanol–water partition coefficient (Wildman–Crippen LogP) is -7.99. The number of aromatic amines is 1. The summed E-state index contributed by atoms with van der Waals surface area (Å²) < 4.78 is 21.6. The van der Waals surface area contributed by atoms with Gasteiger partial charge in [-0.3, -0.25) is 14.3 Å². The zero-order valence-electron chi connectivity index (χ0n) is 13.7. The van der Waals surface area contributed by atoms with Gasteiger partial charge in [0, 0.05) is 18.9 Å². The molecule has 0 bridgehead atoms. The molecule has 0 radical (unpaired) electrons. The molecular formula is C11H17Li2N2O7P. The SMILES string of the molecule is CCc1cn(C[C@H](COC)OCP(=O)([O-])[O-])c(=O)[nH]c1=O.[Li+].[Li+]. The molecule has 0 aliphatic rings. The zero-order chi connectivity index (χ0) is 16.0. The maximum Gasteiger partial charge on any atom is 1.00 e. The van der Waals surface area contributed by atoms with E-state index in [1.54, 1.807) is 6.92 Å². The molecule has 9 nitrogen and oxygen atoms in total. The van der Waals surface area contributed by atoms with Gasteiger partial charge < -0.3 is 23.8 Å². The molecule has 0 unspecified atom stereocenters. The van der Waals surface area contributed by atoms with Crippen LogP contribution in [0.25, 0.3) is 0 Å². The van der Waals surface area contributed by atoms with Gasteiger partial charge in [0.1, 0.15) is 0 Å². The Bertz CT molecular complexity index is 628. The minimum absolute atomic E-state index is 0. The second-order valence-corrected chi connectivity index (χ2v) is 5.88. The normalized spacial score (nSPS) is 12.2. The quantitative estimate of drug-likeness (QED) is 0.368. The van der Waals surface area contributed by atoms with Crippen molar-refractivity contribution in [2.75, 3.05) is 20.1 Å². The number of aryl methyl sites for hydroxylation is 1. The number of nitrogens with zero attached hydrogens (tertiary/aromatic N) is 1. The Morgan fingerprint density at radius 1 is 1.35 bits per heavy atom. The summed E-state index contributed by atoms with van der Waals surface area (Å²) in [5, 5.41) is 0. The van der Waals surface area contributed by atoms with E-state index in [0.717, 1.165) is 0 Å². The molecule has 1 atom stereocenters. The molecule has 0 spiro atoms. The Kier molecular flexibility index (Phi) is 12.6. The van der Waals surface area contributed by atoms with Crippen LogP contribution in [0, 0.1) is 0 Å². The van der Waals surface area contributed by atoms with Gasteiger partial charge in [-0.25, -0.2) is 4.79 Å². The summed E-state index contributed by atoms with van der Waals surface area (Å²) in [4.78, 5) is 46.5. The number of nitrogens with one attached hydrogen (secondary N) is 1. The van der Waals surface area contributed by atoms with Crippen LogP contribution < -0.4 is 58.8 Å². The Hall–Kier alpha value is -0.0552. The third kappa shape index (κ3) is 9.12. The van der Waals surface area contributed by atoms with E-state index >= 15 is 0 Å². The number of ether oxygens (including phenoxy) is 2. The van der Waals surface area contributed by atoms with Crippen LogP contribution >= 0.6 is 7.60 Å². The van der Waals surface area contributed by atoms with Crippen LogP contribution in [-0.4, -0.2) is 35.7 Å². The molecule has 120 valence electrons. The first kappa shape index (κ1) is 25.2. The molecule has 12 heteroatoms. The van der Waals surface area contributed by atoms with Crippen molar-refractivity contribution in [3.05, 3.63) is 32.6 Å². The minimum Gasteiger partial charge on any atom is -0.809 e. The Labute approximate surface area is 157 Å². The molecule has 0 saturated carbocycles. The van der Waals surface area contributed by atoms with Gasteiger partial charge in [0.2, 0.25) is 0 Å². The molecule has 1 heterocycles. The summed E-state index contributed by atoms with van der Waals surface area (Å²) in [6, 6.07) is 0. The molecule has 0 aromatic carbocycles. The van der Waals surface area contributed by atoms with E-state index in [1.165, 1.54) is 17.9 Å². The summed E-state index contributed by atoms with van der Waals surface area (Å²) >= 11 is 0. The van der Waals surface area contributed by atoms with Crippen LogP contribution in [0.4, 0.5) is 0 Å². The Morgan fingerprint density at radius 2 is 1.96 bits per heavy atom. The van der Waals surface area contributed by atoms with Crippen molar-refractivity contribution >= 4 is 7.60 Å². The summed E-state index contributed by atoms with van der Waals surface area (Å²) in [6.07, 6.45) is 0.0161. The molecule has 1 aromatic heterocycles. The van der Waals surface area contributed by atoms with E-state index in [1.807, 2.05) is 0 Å². The number of rotatable bonds is 8. The van der Waals surface area contributed by atoms with Crippen molar-refractivity contribution in [1.29, 1.82) is 0 Å². The first-order valence-electron chi connectivity index (χ1n) is 6.21. The standard InChI is InChI=1S/C11H19N2O7P.2Li/c1-3-8-4-13(11(15)12-10(8)14)5-9(6-19-2)20-7-21(16,17)18;;/h4,9H,3,5-7H2,1-2H3,(H,12,14,15)(H2,16,17,18);;/q;2*+1/p-2/t9-;;/m1../s1. The largest absolute Gasteiger partial charge is 1.00 e. The van der Waals surface area contributed by atoms with Gasteiger partial charge >= 0.3 is 43.4 Å². The van der Waals surface area contributed by atoms with Gasteiger partial charge in [0.15, 0.2) is 0 Å². The van der Waals surface area contributed by atoms with Crippen LogP contribution in [0.1, 0.15) is 12.5 Å². The van der Waals surface area contributed by atoms with E-state index in [4.69, 9.17) is 9.47 Å². The van der Waals surface area contributed by atoms with Crippen molar-refractivity contribution in [3.63, 3.8) is 0 Å². The van der Waals surface area contributed by atoms with Crippen molar-refractivity contribution in [2.45, 2.75) is 26.0 Å². The molecule has 23 heavy (non-hydrogen) atoms. The number of hydrogen-bond acceptors (Lipinski definition) is 7. The monoisotopic (exact) mass is 334 g/mol. The van der Waals surface area contributed by atoms with Crippen LogP contribution in [0.3, 0.4) is 0 Å². The van der Waals surface area contributed by atoms with E-state index in [0.29, 0.717) is 12.0 Å². The number of hydrogen-bond donors (Lipinski definition) is 1. The van der Waals surface area contributed by atoms with Crippen molar-refractivity contribution in [2.24, 2.45) is 0 Å². The summed E-state index contributed by atoms with van der Waals surface area (Å²) in [7, 11) is -3.43. The van der Waals surface area contributed by atoms with E-state index in [2.05, 4.69) is 4.98 Å². The van der Waals surface area contributed by atoms with Crippen LogP contribution in [0.5, 0.6) is 0 Å². The number of H-pyrrole nitrogens is 1. The average Bonchev–Trinajstić information content (AvgIpc) is 2.38. The van der Waals surface area contributed by atoms with Crippen molar-refractivity contribution < 1.29 is 61.5 Å². The molecule has 1 N–H and O–H groups in total.